The maximum Gasteiger partial charge on any atom is 0.456 e. The van der Waals surface area contributed by atoms with Crippen LogP contribution in [0.5, 0.6) is 0 Å². The molecule has 0 aromatic rings. The normalized spacial score (nSPS) is 13.4. The van der Waals surface area contributed by atoms with Gasteiger partial charge in [0.1, 0.15) is 0 Å². The molecule has 0 bridgehead atoms. The van der Waals surface area contributed by atoms with E-state index in [0.29, 0.717) is 0 Å². The van der Waals surface area contributed by atoms with Crippen LogP contribution in [0, 0.1) is 5.92 Å². The van der Waals surface area contributed by atoms with Crippen molar-refractivity contribution in [3.63, 3.8) is 0 Å². The number of alkyl halides is 6. The molecule has 0 fully saturated rings. The molecule has 1 atom stereocenters. The van der Waals surface area contributed by atoms with Gasteiger partial charge in [0.05, 0.1) is 16.9 Å². The van der Waals surface area contributed by atoms with Crippen LogP contribution in [0.1, 0.15) is 27.7 Å². The van der Waals surface area contributed by atoms with Gasteiger partial charge >= 0.3 is 11.7 Å². The Hall–Kier alpha value is 0.220. The molecule has 0 aliphatic rings. The molecule has 0 aromatic carbocycles. The standard InChI is InChI=1S/C5H9F3.CClF3S.CH4/c1-3-4(2)5(6,7)8;2-6-1(3,4)5;/h4H,3H2,1-2H3;;1H4. The summed E-state index contributed by atoms with van der Waals surface area (Å²) in [6.07, 6.45) is -3.82. The monoisotopic (exact) mass is 278 g/mol. The van der Waals surface area contributed by atoms with Gasteiger partial charge in [-0.2, -0.15) is 26.3 Å². The predicted octanol–water partition coefficient (Wildman–Crippen LogP) is 5.62. The lowest BCUT2D eigenvalue weighted by molar-refractivity contribution is -0.170. The minimum Gasteiger partial charge on any atom is -0.171 e. The fourth-order valence-electron chi connectivity index (χ4n) is 0.231. The highest BCUT2D eigenvalue weighted by Gasteiger charge is 2.33. The van der Waals surface area contributed by atoms with E-state index in [-0.39, 0.29) is 13.8 Å². The van der Waals surface area contributed by atoms with Crippen molar-refractivity contribution >= 4 is 21.7 Å². The molecule has 0 nitrogen and oxygen atoms in total. The molecule has 0 heterocycles. The van der Waals surface area contributed by atoms with Crippen LogP contribution in [-0.2, 0) is 0 Å². The second-order valence-electron chi connectivity index (χ2n) is 2.37. The summed E-state index contributed by atoms with van der Waals surface area (Å²) >= 11 is 0. The van der Waals surface area contributed by atoms with Gasteiger partial charge in [-0.05, 0) is 17.1 Å². The van der Waals surface area contributed by atoms with Crippen molar-refractivity contribution in [2.45, 2.75) is 39.4 Å². The Balaban J connectivity index is -0.000000187. The summed E-state index contributed by atoms with van der Waals surface area (Å²) < 4.78 is 66.2. The largest absolute Gasteiger partial charge is 0.456 e. The van der Waals surface area contributed by atoms with E-state index < -0.39 is 28.6 Å². The first-order chi connectivity index (χ1) is 6.04. The van der Waals surface area contributed by atoms with Crippen molar-refractivity contribution in [2.24, 2.45) is 5.92 Å². The number of hydrogen-bond acceptors (Lipinski definition) is 1. The van der Waals surface area contributed by atoms with Crippen molar-refractivity contribution in [1.82, 2.24) is 0 Å². The third kappa shape index (κ3) is 16.9. The molecule has 0 saturated carbocycles. The van der Waals surface area contributed by atoms with Gasteiger partial charge in [-0.15, -0.1) is 0 Å². The van der Waals surface area contributed by atoms with E-state index in [1.165, 1.54) is 13.8 Å². The fraction of sp³-hybridized carbons (Fsp3) is 1.00. The van der Waals surface area contributed by atoms with Gasteiger partial charge in [-0.3, -0.25) is 0 Å². The van der Waals surface area contributed by atoms with E-state index in [4.69, 9.17) is 0 Å². The molecular formula is C7H13ClF6S. The Kier molecular flexibility index (Phi) is 11.5. The Bertz CT molecular complexity index is 143. The van der Waals surface area contributed by atoms with Crippen LogP contribution >= 0.6 is 21.7 Å². The summed E-state index contributed by atoms with van der Waals surface area (Å²) in [6, 6.07) is 0. The average molecular weight is 279 g/mol. The molecule has 0 radical (unpaired) electrons. The first kappa shape index (κ1) is 20.6. The topological polar surface area (TPSA) is 0 Å². The molecule has 8 heteroatoms. The zero-order valence-corrected chi connectivity index (χ0v) is 8.91. The highest BCUT2D eigenvalue weighted by Crippen LogP contribution is 2.32. The highest BCUT2D eigenvalue weighted by molar-refractivity contribution is 8.21. The van der Waals surface area contributed by atoms with Gasteiger partial charge in [-0.25, -0.2) is 0 Å². The lowest BCUT2D eigenvalue weighted by Gasteiger charge is -2.11. The van der Waals surface area contributed by atoms with Gasteiger partial charge in [0, 0.05) is 0 Å². The maximum atomic E-state index is 11.4. The Labute approximate surface area is 93.9 Å². The second-order valence-corrected chi connectivity index (χ2v) is 3.45. The quantitative estimate of drug-likeness (QED) is 0.561. The molecule has 0 aliphatic carbocycles. The van der Waals surface area contributed by atoms with Crippen molar-refractivity contribution in [3.8, 4) is 0 Å². The van der Waals surface area contributed by atoms with Crippen LogP contribution in [0.25, 0.3) is 0 Å². The van der Waals surface area contributed by atoms with E-state index in [2.05, 4.69) is 10.7 Å². The summed E-state index contributed by atoms with van der Waals surface area (Å²) in [5.41, 5.74) is -4.28. The van der Waals surface area contributed by atoms with E-state index >= 15 is 0 Å². The molecule has 0 N–H and O–H groups in total. The molecule has 15 heavy (non-hydrogen) atoms. The van der Waals surface area contributed by atoms with Crippen LogP contribution in [-0.4, -0.2) is 11.7 Å². The van der Waals surface area contributed by atoms with Crippen molar-refractivity contribution in [1.29, 1.82) is 0 Å². The summed E-state index contributed by atoms with van der Waals surface area (Å²) in [5.74, 6) is -1.15. The van der Waals surface area contributed by atoms with Gasteiger partial charge < -0.3 is 0 Å². The lowest BCUT2D eigenvalue weighted by atomic mass is 10.1. The third-order valence-electron chi connectivity index (χ3n) is 1.26. The van der Waals surface area contributed by atoms with Crippen LogP contribution in [0.3, 0.4) is 0 Å². The van der Waals surface area contributed by atoms with E-state index in [9.17, 15) is 26.3 Å². The number of halogens is 7. The second kappa shape index (κ2) is 8.38. The first-order valence-electron chi connectivity index (χ1n) is 3.47. The van der Waals surface area contributed by atoms with Crippen LogP contribution in [0.2, 0.25) is 0 Å². The molecule has 0 spiro atoms. The fourth-order valence-corrected chi connectivity index (χ4v) is 0.231. The van der Waals surface area contributed by atoms with Crippen molar-refractivity contribution in [3.05, 3.63) is 0 Å². The van der Waals surface area contributed by atoms with Crippen LogP contribution in [0.15, 0.2) is 0 Å². The molecule has 0 aromatic heterocycles. The Morgan fingerprint density at radius 3 is 1.40 bits per heavy atom. The van der Waals surface area contributed by atoms with Gasteiger partial charge in [-0.1, -0.05) is 21.3 Å². The molecular weight excluding hydrogens is 266 g/mol. The zero-order valence-electron chi connectivity index (χ0n) is 7.34. The van der Waals surface area contributed by atoms with Gasteiger partial charge in [0.15, 0.2) is 0 Å². The smallest absolute Gasteiger partial charge is 0.171 e. The van der Waals surface area contributed by atoms with Crippen molar-refractivity contribution < 1.29 is 26.3 Å². The molecule has 0 amide bonds. The van der Waals surface area contributed by atoms with E-state index in [1.807, 2.05) is 0 Å². The molecule has 0 aliphatic heterocycles. The zero-order chi connectivity index (χ0) is 12.0. The van der Waals surface area contributed by atoms with Crippen molar-refractivity contribution in [2.75, 3.05) is 0 Å². The van der Waals surface area contributed by atoms with E-state index in [0.717, 1.165) is 0 Å². The molecule has 0 saturated heterocycles. The summed E-state index contributed by atoms with van der Waals surface area (Å²) in [5, 5.41) is 0. The molecule has 0 rings (SSSR count). The average Bonchev–Trinajstić information content (AvgIpc) is 2.01. The molecule has 96 valence electrons. The van der Waals surface area contributed by atoms with E-state index in [1.54, 1.807) is 0 Å². The summed E-state index contributed by atoms with van der Waals surface area (Å²) in [6.45, 7) is 2.71. The van der Waals surface area contributed by atoms with Crippen LogP contribution < -0.4 is 0 Å². The first-order valence-corrected chi connectivity index (χ1v) is 5.12. The van der Waals surface area contributed by atoms with Crippen LogP contribution in [0.4, 0.5) is 26.3 Å². The predicted molar refractivity (Wildman–Crippen MR) is 51.7 cm³/mol. The van der Waals surface area contributed by atoms with Gasteiger partial charge in [0.25, 0.3) is 0 Å². The Morgan fingerprint density at radius 1 is 1.13 bits per heavy atom. The number of rotatable bonds is 1. The highest BCUT2D eigenvalue weighted by atomic mass is 35.7. The van der Waals surface area contributed by atoms with Gasteiger partial charge in [0.2, 0.25) is 0 Å². The lowest BCUT2D eigenvalue weighted by Crippen LogP contribution is -2.18. The summed E-state index contributed by atoms with van der Waals surface area (Å²) in [7, 11) is 3.62. The SMILES string of the molecule is C.CCC(C)C(F)(F)F.FC(F)(F)SCl. The Morgan fingerprint density at radius 2 is 1.40 bits per heavy atom. The number of hydrogen-bond donors (Lipinski definition) is 0. The third-order valence-corrected chi connectivity index (χ3v) is 1.96. The maximum absolute atomic E-state index is 11.4. The minimum absolute atomic E-state index is 0. The molecule has 1 unspecified atom stereocenters. The minimum atomic E-state index is -4.28. The summed E-state index contributed by atoms with van der Waals surface area (Å²) in [4.78, 5) is 0.